The van der Waals surface area contributed by atoms with E-state index < -0.39 is 5.60 Å². The van der Waals surface area contributed by atoms with Crippen LogP contribution < -0.4 is 5.32 Å². The van der Waals surface area contributed by atoms with Crippen molar-refractivity contribution in [2.75, 3.05) is 13.1 Å². The van der Waals surface area contributed by atoms with Gasteiger partial charge in [-0.2, -0.15) is 0 Å². The lowest BCUT2D eigenvalue weighted by atomic mass is 10.0. The number of amides is 2. The first kappa shape index (κ1) is 20.5. The third kappa shape index (κ3) is 4.37. The summed E-state index contributed by atoms with van der Waals surface area (Å²) in [6.07, 6.45) is 5.28. The Labute approximate surface area is 178 Å². The average Bonchev–Trinajstić information content (AvgIpc) is 3.34. The molecule has 1 unspecified atom stereocenters. The molecule has 1 atom stereocenters. The van der Waals surface area contributed by atoms with Crippen LogP contribution >= 0.6 is 0 Å². The Bertz CT molecular complexity index is 920. The van der Waals surface area contributed by atoms with E-state index in [9.17, 15) is 9.59 Å². The monoisotopic (exact) mass is 409 g/mol. The zero-order valence-corrected chi connectivity index (χ0v) is 18.1. The standard InChI is InChI=1S/C24H31N3O3/c1-24(2,3)30-23(29)26-15-12-18(13-16-26)27-14-6-9-21(27)22(28)25-20-11-10-17-7-4-5-8-19(17)20/h4-9,14,18,20H,10-13,15-16H2,1-3H3,(H,25,28). The Morgan fingerprint density at radius 1 is 1.03 bits per heavy atom. The number of hydrogen-bond acceptors (Lipinski definition) is 3. The van der Waals surface area contributed by atoms with Crippen LogP contribution in [0.1, 0.15) is 73.7 Å². The zero-order valence-electron chi connectivity index (χ0n) is 18.1. The highest BCUT2D eigenvalue weighted by Gasteiger charge is 2.30. The predicted octanol–water partition coefficient (Wildman–Crippen LogP) is 4.48. The maximum absolute atomic E-state index is 13.0. The van der Waals surface area contributed by atoms with Crippen LogP contribution in [0.25, 0.3) is 0 Å². The molecule has 2 aromatic rings. The second kappa shape index (κ2) is 8.17. The number of piperidine rings is 1. The summed E-state index contributed by atoms with van der Waals surface area (Å²) in [5, 5.41) is 3.23. The lowest BCUT2D eigenvalue weighted by Gasteiger charge is -2.34. The van der Waals surface area contributed by atoms with Crippen LogP contribution in [0.15, 0.2) is 42.6 Å². The smallest absolute Gasteiger partial charge is 0.410 e. The van der Waals surface area contributed by atoms with Crippen LogP contribution in [0.3, 0.4) is 0 Å². The van der Waals surface area contributed by atoms with Crippen molar-refractivity contribution < 1.29 is 14.3 Å². The molecule has 1 fully saturated rings. The number of aryl methyl sites for hydroxylation is 1. The number of carbonyl (C=O) groups is 2. The van der Waals surface area contributed by atoms with Gasteiger partial charge >= 0.3 is 6.09 Å². The van der Waals surface area contributed by atoms with Crippen molar-refractivity contribution in [1.82, 2.24) is 14.8 Å². The number of rotatable bonds is 3. The van der Waals surface area contributed by atoms with Crippen molar-refractivity contribution in [3.63, 3.8) is 0 Å². The van der Waals surface area contributed by atoms with Crippen molar-refractivity contribution in [2.45, 2.75) is 64.1 Å². The van der Waals surface area contributed by atoms with Crippen molar-refractivity contribution in [3.8, 4) is 0 Å². The third-order valence-corrected chi connectivity index (χ3v) is 5.96. The summed E-state index contributed by atoms with van der Waals surface area (Å²) >= 11 is 0. The van der Waals surface area contributed by atoms with Crippen LogP contribution in [-0.2, 0) is 11.2 Å². The molecule has 0 bridgehead atoms. The van der Waals surface area contributed by atoms with Gasteiger partial charge in [0, 0.05) is 25.3 Å². The molecule has 1 saturated heterocycles. The maximum Gasteiger partial charge on any atom is 0.410 e. The van der Waals surface area contributed by atoms with E-state index in [1.165, 1.54) is 11.1 Å². The van der Waals surface area contributed by atoms with Gasteiger partial charge in [-0.25, -0.2) is 4.79 Å². The predicted molar refractivity (Wildman–Crippen MR) is 115 cm³/mol. The fraction of sp³-hybridized carbons (Fsp3) is 0.500. The van der Waals surface area contributed by atoms with Gasteiger partial charge in [-0.05, 0) is 69.7 Å². The molecular weight excluding hydrogens is 378 g/mol. The summed E-state index contributed by atoms with van der Waals surface area (Å²) in [7, 11) is 0. The largest absolute Gasteiger partial charge is 0.444 e. The summed E-state index contributed by atoms with van der Waals surface area (Å²) in [6.45, 7) is 6.91. The molecular formula is C24H31N3O3. The van der Waals surface area contributed by atoms with E-state index in [0.29, 0.717) is 18.8 Å². The third-order valence-electron chi connectivity index (χ3n) is 5.96. The first-order valence-electron chi connectivity index (χ1n) is 10.9. The summed E-state index contributed by atoms with van der Waals surface area (Å²) in [4.78, 5) is 27.1. The van der Waals surface area contributed by atoms with Crippen LogP contribution in [-0.4, -0.2) is 40.2 Å². The van der Waals surface area contributed by atoms with Gasteiger partial charge in [-0.3, -0.25) is 4.79 Å². The SMILES string of the molecule is CC(C)(C)OC(=O)N1CCC(n2cccc2C(=O)NC2CCc3ccccc32)CC1. The molecule has 2 heterocycles. The minimum absolute atomic E-state index is 0.0312. The average molecular weight is 410 g/mol. The topological polar surface area (TPSA) is 63.6 Å². The fourth-order valence-electron chi connectivity index (χ4n) is 4.50. The van der Waals surface area contributed by atoms with E-state index in [1.54, 1.807) is 4.90 Å². The van der Waals surface area contributed by atoms with Crippen LogP contribution in [0.4, 0.5) is 4.79 Å². The molecule has 6 heteroatoms. The molecule has 2 aliphatic rings. The highest BCUT2D eigenvalue weighted by molar-refractivity contribution is 5.93. The van der Waals surface area contributed by atoms with Crippen LogP contribution in [0.2, 0.25) is 0 Å². The van der Waals surface area contributed by atoms with Gasteiger partial charge in [-0.15, -0.1) is 0 Å². The second-order valence-electron chi connectivity index (χ2n) is 9.26. The summed E-state index contributed by atoms with van der Waals surface area (Å²) < 4.78 is 7.56. The number of nitrogens with zero attached hydrogens (tertiary/aromatic N) is 2. The fourth-order valence-corrected chi connectivity index (χ4v) is 4.50. The number of hydrogen-bond donors (Lipinski definition) is 1. The Kier molecular flexibility index (Phi) is 5.58. The van der Waals surface area contributed by atoms with Crippen LogP contribution in [0, 0.1) is 0 Å². The van der Waals surface area contributed by atoms with E-state index in [4.69, 9.17) is 4.74 Å². The van der Waals surface area contributed by atoms with E-state index in [2.05, 4.69) is 28.1 Å². The Morgan fingerprint density at radius 2 is 1.77 bits per heavy atom. The van der Waals surface area contributed by atoms with Gasteiger partial charge in [0.15, 0.2) is 0 Å². The lowest BCUT2D eigenvalue weighted by molar-refractivity contribution is 0.0187. The quantitative estimate of drug-likeness (QED) is 0.813. The number of ether oxygens (including phenoxy) is 1. The van der Waals surface area contributed by atoms with Crippen molar-refractivity contribution in [3.05, 3.63) is 59.4 Å². The Balaban J connectivity index is 1.38. The van der Waals surface area contributed by atoms with E-state index in [-0.39, 0.29) is 24.1 Å². The molecule has 1 aromatic carbocycles. The highest BCUT2D eigenvalue weighted by atomic mass is 16.6. The minimum Gasteiger partial charge on any atom is -0.444 e. The van der Waals surface area contributed by atoms with Gasteiger partial charge in [0.1, 0.15) is 11.3 Å². The van der Waals surface area contributed by atoms with Crippen molar-refractivity contribution >= 4 is 12.0 Å². The van der Waals surface area contributed by atoms with E-state index in [1.807, 2.05) is 45.2 Å². The first-order chi connectivity index (χ1) is 14.3. The number of aromatic nitrogens is 1. The van der Waals surface area contributed by atoms with Gasteiger partial charge < -0.3 is 19.5 Å². The highest BCUT2D eigenvalue weighted by Crippen LogP contribution is 2.31. The molecule has 160 valence electrons. The molecule has 1 aliphatic heterocycles. The van der Waals surface area contributed by atoms with Crippen LogP contribution in [0.5, 0.6) is 0 Å². The molecule has 30 heavy (non-hydrogen) atoms. The van der Waals surface area contributed by atoms with Crippen molar-refractivity contribution in [1.29, 1.82) is 0 Å². The summed E-state index contributed by atoms with van der Waals surface area (Å²) in [5.74, 6) is -0.0312. The molecule has 1 aliphatic carbocycles. The molecule has 2 amide bonds. The minimum atomic E-state index is -0.488. The van der Waals surface area contributed by atoms with Crippen molar-refractivity contribution in [2.24, 2.45) is 0 Å². The molecule has 0 spiro atoms. The van der Waals surface area contributed by atoms with Gasteiger partial charge in [0.2, 0.25) is 0 Å². The van der Waals surface area contributed by atoms with Gasteiger partial charge in [0.25, 0.3) is 5.91 Å². The number of likely N-dealkylation sites (tertiary alicyclic amines) is 1. The second-order valence-corrected chi connectivity index (χ2v) is 9.26. The molecule has 0 radical (unpaired) electrons. The Morgan fingerprint density at radius 3 is 2.50 bits per heavy atom. The molecule has 1 N–H and O–H groups in total. The summed E-state index contributed by atoms with van der Waals surface area (Å²) in [5.41, 5.74) is 2.76. The van der Waals surface area contributed by atoms with E-state index in [0.717, 1.165) is 25.7 Å². The molecule has 1 aromatic heterocycles. The normalized spacial score (nSPS) is 19.4. The maximum atomic E-state index is 13.0. The summed E-state index contributed by atoms with van der Waals surface area (Å²) in [6, 6.07) is 12.4. The van der Waals surface area contributed by atoms with E-state index >= 15 is 0 Å². The first-order valence-corrected chi connectivity index (χ1v) is 10.9. The molecule has 6 nitrogen and oxygen atoms in total. The lowest BCUT2D eigenvalue weighted by Crippen LogP contribution is -2.42. The number of carbonyl (C=O) groups excluding carboxylic acids is 2. The number of fused-ring (bicyclic) bond motifs is 1. The van der Waals surface area contributed by atoms with Gasteiger partial charge in [0.05, 0.1) is 6.04 Å². The number of benzene rings is 1. The molecule has 4 rings (SSSR count). The Hall–Kier alpha value is -2.76. The molecule has 0 saturated carbocycles. The number of nitrogens with one attached hydrogen (secondary N) is 1. The zero-order chi connectivity index (χ0) is 21.3. The van der Waals surface area contributed by atoms with Gasteiger partial charge in [-0.1, -0.05) is 24.3 Å².